The van der Waals surface area contributed by atoms with Crippen LogP contribution in [0.25, 0.3) is 0 Å². The van der Waals surface area contributed by atoms with Crippen molar-refractivity contribution in [3.8, 4) is 0 Å². The quantitative estimate of drug-likeness (QED) is 0.670. The van der Waals surface area contributed by atoms with E-state index in [9.17, 15) is 4.39 Å². The first-order chi connectivity index (χ1) is 6.76. The molecule has 0 saturated carbocycles. The third-order valence-electron chi connectivity index (χ3n) is 1.51. The maximum Gasteiger partial charge on any atom is 0.108 e. The van der Waals surface area contributed by atoms with Gasteiger partial charge in [0.1, 0.15) is 6.67 Å². The molecule has 1 nitrogen and oxygen atoms in total. The van der Waals surface area contributed by atoms with Crippen LogP contribution in [0.1, 0.15) is 20.3 Å². The van der Waals surface area contributed by atoms with Crippen LogP contribution in [0.2, 0.25) is 0 Å². The SMILES string of the molecule is C=C/C=C(\C=C/CF)CC.CCNC. The van der Waals surface area contributed by atoms with Crippen LogP contribution < -0.4 is 5.32 Å². The van der Waals surface area contributed by atoms with Gasteiger partial charge in [0.15, 0.2) is 0 Å². The molecule has 0 aliphatic rings. The van der Waals surface area contributed by atoms with Crippen molar-refractivity contribution in [1.29, 1.82) is 0 Å². The number of hydrogen-bond donors (Lipinski definition) is 1. The van der Waals surface area contributed by atoms with Crippen molar-refractivity contribution in [3.05, 3.63) is 36.5 Å². The standard InChI is InChI=1S/C9H13F.C3H9N/c1-3-6-9(4-2)7-5-8-10;1-3-4-2/h3,5-7H,1,4,8H2,2H3;4H,3H2,1-2H3/b7-5-,9-6-;. The Morgan fingerprint density at radius 2 is 2.00 bits per heavy atom. The minimum Gasteiger partial charge on any atom is -0.320 e. The maximum atomic E-state index is 11.6. The largest absolute Gasteiger partial charge is 0.320 e. The van der Waals surface area contributed by atoms with E-state index in [1.165, 1.54) is 6.08 Å². The zero-order valence-electron chi connectivity index (χ0n) is 9.52. The van der Waals surface area contributed by atoms with Crippen molar-refractivity contribution >= 4 is 0 Å². The predicted molar refractivity (Wildman–Crippen MR) is 63.3 cm³/mol. The van der Waals surface area contributed by atoms with Gasteiger partial charge in [0.05, 0.1) is 0 Å². The second kappa shape index (κ2) is 14.6. The summed E-state index contributed by atoms with van der Waals surface area (Å²) in [7, 11) is 1.93. The Bertz CT molecular complexity index is 169. The first-order valence-corrected chi connectivity index (χ1v) is 4.95. The summed E-state index contributed by atoms with van der Waals surface area (Å²) in [5.41, 5.74) is 1.10. The lowest BCUT2D eigenvalue weighted by atomic mass is 10.2. The van der Waals surface area contributed by atoms with Gasteiger partial charge in [-0.05, 0) is 25.6 Å². The molecule has 0 amide bonds. The molecule has 0 atom stereocenters. The molecule has 2 heteroatoms. The van der Waals surface area contributed by atoms with E-state index in [0.29, 0.717) is 0 Å². The van der Waals surface area contributed by atoms with E-state index in [4.69, 9.17) is 0 Å². The van der Waals surface area contributed by atoms with Crippen LogP contribution in [0.4, 0.5) is 4.39 Å². The minimum absolute atomic E-state index is 0.394. The predicted octanol–water partition coefficient (Wildman–Crippen LogP) is 3.26. The Balaban J connectivity index is 0. The van der Waals surface area contributed by atoms with Gasteiger partial charge < -0.3 is 5.32 Å². The monoisotopic (exact) mass is 199 g/mol. The molecule has 0 aromatic rings. The molecular weight excluding hydrogens is 177 g/mol. The van der Waals surface area contributed by atoms with Crippen molar-refractivity contribution in [2.75, 3.05) is 20.3 Å². The Hall–Kier alpha value is -0.890. The van der Waals surface area contributed by atoms with Crippen LogP contribution in [0, 0.1) is 0 Å². The van der Waals surface area contributed by atoms with Crippen LogP contribution in [0.15, 0.2) is 36.5 Å². The third-order valence-corrected chi connectivity index (χ3v) is 1.51. The first-order valence-electron chi connectivity index (χ1n) is 4.95. The van der Waals surface area contributed by atoms with Crippen LogP contribution in [0.5, 0.6) is 0 Å². The molecular formula is C12H22FN. The van der Waals surface area contributed by atoms with E-state index >= 15 is 0 Å². The third kappa shape index (κ3) is 13.7. The minimum atomic E-state index is -0.394. The van der Waals surface area contributed by atoms with Crippen molar-refractivity contribution in [3.63, 3.8) is 0 Å². The van der Waals surface area contributed by atoms with Crippen LogP contribution in [-0.4, -0.2) is 20.3 Å². The summed E-state index contributed by atoms with van der Waals surface area (Å²) >= 11 is 0. The Kier molecular flexibility index (Phi) is 16.3. The summed E-state index contributed by atoms with van der Waals surface area (Å²) < 4.78 is 11.6. The van der Waals surface area contributed by atoms with E-state index in [0.717, 1.165) is 18.5 Å². The summed E-state index contributed by atoms with van der Waals surface area (Å²) in [4.78, 5) is 0. The maximum absolute atomic E-state index is 11.6. The van der Waals surface area contributed by atoms with Gasteiger partial charge in [0.2, 0.25) is 0 Å². The molecule has 1 N–H and O–H groups in total. The molecule has 0 unspecified atom stereocenters. The molecule has 0 fully saturated rings. The number of hydrogen-bond acceptors (Lipinski definition) is 1. The average molecular weight is 199 g/mol. The van der Waals surface area contributed by atoms with Gasteiger partial charge in [-0.15, -0.1) is 0 Å². The van der Waals surface area contributed by atoms with Gasteiger partial charge in [-0.25, -0.2) is 4.39 Å². The Labute approximate surface area is 87.4 Å². The molecule has 0 aromatic carbocycles. The molecule has 0 aliphatic carbocycles. The van der Waals surface area contributed by atoms with E-state index in [-0.39, 0.29) is 0 Å². The van der Waals surface area contributed by atoms with E-state index in [1.54, 1.807) is 12.2 Å². The van der Waals surface area contributed by atoms with Gasteiger partial charge in [0.25, 0.3) is 0 Å². The fraction of sp³-hybridized carbons (Fsp3) is 0.500. The second-order valence-electron chi connectivity index (χ2n) is 2.59. The second-order valence-corrected chi connectivity index (χ2v) is 2.59. The molecule has 0 saturated heterocycles. The fourth-order valence-electron chi connectivity index (χ4n) is 0.639. The van der Waals surface area contributed by atoms with E-state index in [2.05, 4.69) is 18.8 Å². The molecule has 82 valence electrons. The van der Waals surface area contributed by atoms with Gasteiger partial charge >= 0.3 is 0 Å². The Morgan fingerprint density at radius 3 is 2.29 bits per heavy atom. The number of allylic oxidation sites excluding steroid dienone is 5. The number of halogens is 1. The van der Waals surface area contributed by atoms with Crippen molar-refractivity contribution in [1.82, 2.24) is 5.32 Å². The highest BCUT2D eigenvalue weighted by molar-refractivity contribution is 5.22. The molecule has 0 aromatic heterocycles. The van der Waals surface area contributed by atoms with Crippen molar-refractivity contribution < 1.29 is 4.39 Å². The molecule has 0 spiro atoms. The summed E-state index contributed by atoms with van der Waals surface area (Å²) in [6.07, 6.45) is 7.79. The lowest BCUT2D eigenvalue weighted by molar-refractivity contribution is 0.561. The van der Waals surface area contributed by atoms with Crippen LogP contribution >= 0.6 is 0 Å². The Morgan fingerprint density at radius 1 is 1.43 bits per heavy atom. The molecule has 0 rings (SSSR count). The summed E-state index contributed by atoms with van der Waals surface area (Å²) in [6.45, 7) is 8.32. The average Bonchev–Trinajstić information content (AvgIpc) is 2.24. The summed E-state index contributed by atoms with van der Waals surface area (Å²) in [5, 5.41) is 2.93. The highest BCUT2D eigenvalue weighted by Gasteiger charge is 1.82. The molecule has 0 radical (unpaired) electrons. The summed E-state index contributed by atoms with van der Waals surface area (Å²) in [6, 6.07) is 0. The van der Waals surface area contributed by atoms with Crippen LogP contribution in [0.3, 0.4) is 0 Å². The molecule has 0 bridgehead atoms. The molecule has 0 aliphatic heterocycles. The van der Waals surface area contributed by atoms with Crippen LogP contribution in [-0.2, 0) is 0 Å². The van der Waals surface area contributed by atoms with Gasteiger partial charge in [0, 0.05) is 0 Å². The number of rotatable bonds is 5. The van der Waals surface area contributed by atoms with Crippen molar-refractivity contribution in [2.45, 2.75) is 20.3 Å². The highest BCUT2D eigenvalue weighted by Crippen LogP contribution is 2.01. The van der Waals surface area contributed by atoms with Crippen molar-refractivity contribution in [2.24, 2.45) is 0 Å². The fourth-order valence-corrected chi connectivity index (χ4v) is 0.639. The zero-order chi connectivity index (χ0) is 11.2. The van der Waals surface area contributed by atoms with E-state index < -0.39 is 6.67 Å². The highest BCUT2D eigenvalue weighted by atomic mass is 19.1. The first kappa shape index (κ1) is 15.6. The van der Waals surface area contributed by atoms with Gasteiger partial charge in [-0.3, -0.25) is 0 Å². The van der Waals surface area contributed by atoms with Gasteiger partial charge in [-0.1, -0.05) is 44.7 Å². The lowest BCUT2D eigenvalue weighted by Crippen LogP contribution is -2.01. The number of alkyl halides is 1. The summed E-state index contributed by atoms with van der Waals surface area (Å²) in [5.74, 6) is 0. The normalized spacial score (nSPS) is 11.0. The zero-order valence-corrected chi connectivity index (χ0v) is 9.52. The number of nitrogens with one attached hydrogen (secondary N) is 1. The molecule has 0 heterocycles. The topological polar surface area (TPSA) is 12.0 Å². The van der Waals surface area contributed by atoms with E-state index in [1.807, 2.05) is 20.0 Å². The van der Waals surface area contributed by atoms with Gasteiger partial charge in [-0.2, -0.15) is 0 Å². The molecule has 14 heavy (non-hydrogen) atoms. The smallest absolute Gasteiger partial charge is 0.108 e. The lowest BCUT2D eigenvalue weighted by Gasteiger charge is -1.91.